The SMILES string of the molecule is C=C[C@]1(CO)O[C@@H](n2cnc3c(N)nc(F)nc32)[C@@H](F)[C@@H]1O[Si](C)(C)C(C)(C)C. The maximum absolute atomic E-state index is 15.7. The van der Waals surface area contributed by atoms with Crippen LogP contribution in [0.15, 0.2) is 19.0 Å². The minimum Gasteiger partial charge on any atom is -0.407 e. The van der Waals surface area contributed by atoms with Gasteiger partial charge in [-0.25, -0.2) is 9.37 Å². The Morgan fingerprint density at radius 3 is 2.66 bits per heavy atom. The summed E-state index contributed by atoms with van der Waals surface area (Å²) in [5.41, 5.74) is 4.33. The summed E-state index contributed by atoms with van der Waals surface area (Å²) >= 11 is 0. The van der Waals surface area contributed by atoms with Crippen LogP contribution >= 0.6 is 0 Å². The van der Waals surface area contributed by atoms with Crippen LogP contribution in [-0.2, 0) is 9.16 Å². The highest BCUT2D eigenvalue weighted by molar-refractivity contribution is 6.74. The van der Waals surface area contributed by atoms with Crippen LogP contribution in [0.25, 0.3) is 11.2 Å². The summed E-state index contributed by atoms with van der Waals surface area (Å²) in [6.45, 7) is 13.2. The maximum Gasteiger partial charge on any atom is 0.312 e. The molecule has 1 fully saturated rings. The predicted molar refractivity (Wildman–Crippen MR) is 107 cm³/mol. The summed E-state index contributed by atoms with van der Waals surface area (Å²) < 4.78 is 42.9. The van der Waals surface area contributed by atoms with Crippen molar-refractivity contribution in [2.75, 3.05) is 12.3 Å². The Hall–Kier alpha value is -1.95. The quantitative estimate of drug-likeness (QED) is 0.429. The summed E-state index contributed by atoms with van der Waals surface area (Å²) in [4.78, 5) is 11.2. The van der Waals surface area contributed by atoms with Gasteiger partial charge in [0.25, 0.3) is 0 Å². The van der Waals surface area contributed by atoms with Gasteiger partial charge in [0.1, 0.15) is 11.7 Å². The van der Waals surface area contributed by atoms with E-state index in [1.165, 1.54) is 17.0 Å². The van der Waals surface area contributed by atoms with Gasteiger partial charge < -0.3 is 20.0 Å². The molecule has 0 bridgehead atoms. The summed E-state index contributed by atoms with van der Waals surface area (Å²) in [7, 11) is -2.43. The molecule has 0 aromatic carbocycles. The minimum absolute atomic E-state index is 0.00784. The number of nitrogens with zero attached hydrogens (tertiary/aromatic N) is 4. The van der Waals surface area contributed by atoms with Gasteiger partial charge in [-0.05, 0) is 18.1 Å². The molecular weight excluding hydrogens is 400 g/mol. The molecule has 11 heteroatoms. The molecule has 0 saturated carbocycles. The van der Waals surface area contributed by atoms with Crippen LogP contribution in [0, 0.1) is 6.08 Å². The zero-order valence-electron chi connectivity index (χ0n) is 17.2. The minimum atomic E-state index is -2.43. The lowest BCUT2D eigenvalue weighted by Gasteiger charge is -2.41. The molecule has 0 radical (unpaired) electrons. The number of aromatic nitrogens is 4. The lowest BCUT2D eigenvalue weighted by molar-refractivity contribution is -0.0938. The molecule has 2 aromatic heterocycles. The molecule has 2 aromatic rings. The number of fused-ring (bicyclic) bond motifs is 1. The average Bonchev–Trinajstić information content (AvgIpc) is 3.14. The largest absolute Gasteiger partial charge is 0.407 e. The van der Waals surface area contributed by atoms with Crippen LogP contribution in [-0.4, -0.2) is 57.4 Å². The molecule has 0 aliphatic carbocycles. The standard InChI is InChI=1S/C18H27F2N5O3Si/c1-7-18(8-26)12(28-29(5,6)17(2,3)4)10(19)15(27-18)25-9-22-11-13(21)23-16(20)24-14(11)25/h7,9-10,12,15,26H,1,8H2,2-6H3,(H2,21,23,24)/t10-,12-,15+,18+/m0/s1. The monoisotopic (exact) mass is 427 g/mol. The summed E-state index contributed by atoms with van der Waals surface area (Å²) in [6, 6.07) is 0. The third-order valence-corrected chi connectivity index (χ3v) is 10.4. The number of rotatable bonds is 5. The number of nitrogens with two attached hydrogens (primary N) is 1. The molecule has 1 aliphatic heterocycles. The molecule has 160 valence electrons. The van der Waals surface area contributed by atoms with Crippen LogP contribution in [0.5, 0.6) is 0 Å². The molecule has 8 nitrogen and oxygen atoms in total. The number of anilines is 1. The Bertz CT molecular complexity index is 932. The Morgan fingerprint density at radius 2 is 2.10 bits per heavy atom. The molecule has 0 amide bonds. The first-order valence-corrected chi connectivity index (χ1v) is 12.2. The number of aliphatic hydroxyl groups is 1. The molecular formula is C18H27F2N5O3Si. The van der Waals surface area contributed by atoms with Crippen LogP contribution in [0.2, 0.25) is 18.1 Å². The number of alkyl halides is 1. The van der Waals surface area contributed by atoms with Crippen LogP contribution in [0.3, 0.4) is 0 Å². The molecule has 0 unspecified atom stereocenters. The highest BCUT2D eigenvalue weighted by Gasteiger charge is 2.58. The van der Waals surface area contributed by atoms with Gasteiger partial charge in [0.2, 0.25) is 0 Å². The van der Waals surface area contributed by atoms with Gasteiger partial charge in [-0.1, -0.05) is 26.8 Å². The summed E-state index contributed by atoms with van der Waals surface area (Å²) in [6.07, 6.45) is -2.54. The van der Waals surface area contributed by atoms with Crippen molar-refractivity contribution in [3.8, 4) is 0 Å². The van der Waals surface area contributed by atoms with Crippen molar-refractivity contribution in [1.82, 2.24) is 19.5 Å². The van der Waals surface area contributed by atoms with Gasteiger partial charge >= 0.3 is 6.08 Å². The number of halogens is 2. The second kappa shape index (κ2) is 7.08. The molecule has 29 heavy (non-hydrogen) atoms. The molecule has 0 spiro atoms. The van der Waals surface area contributed by atoms with Crippen LogP contribution in [0.1, 0.15) is 27.0 Å². The van der Waals surface area contributed by atoms with E-state index in [2.05, 4.69) is 21.5 Å². The zero-order chi connectivity index (χ0) is 21.8. The molecule has 1 aliphatic rings. The summed E-state index contributed by atoms with van der Waals surface area (Å²) in [5.74, 6) is -0.161. The molecule has 1 saturated heterocycles. The van der Waals surface area contributed by atoms with E-state index in [1.54, 1.807) is 0 Å². The first kappa shape index (κ1) is 21.7. The van der Waals surface area contributed by atoms with Crippen molar-refractivity contribution in [1.29, 1.82) is 0 Å². The van der Waals surface area contributed by atoms with E-state index in [-0.39, 0.29) is 22.0 Å². The highest BCUT2D eigenvalue weighted by Crippen LogP contribution is 2.46. The van der Waals surface area contributed by atoms with Crippen molar-refractivity contribution in [3.05, 3.63) is 25.1 Å². The Labute approximate surface area is 168 Å². The number of aliphatic hydroxyl groups excluding tert-OH is 1. The third kappa shape index (κ3) is 3.45. The molecule has 3 N–H and O–H groups in total. The van der Waals surface area contributed by atoms with Gasteiger partial charge in [-0.2, -0.15) is 14.4 Å². The van der Waals surface area contributed by atoms with Gasteiger partial charge in [0.05, 0.1) is 12.9 Å². The van der Waals surface area contributed by atoms with Crippen LogP contribution < -0.4 is 5.73 Å². The predicted octanol–water partition coefficient (Wildman–Crippen LogP) is 2.72. The molecule has 3 heterocycles. The van der Waals surface area contributed by atoms with E-state index in [4.69, 9.17) is 14.9 Å². The first-order valence-electron chi connectivity index (χ1n) is 9.26. The van der Waals surface area contributed by atoms with Crippen molar-refractivity contribution in [3.63, 3.8) is 0 Å². The maximum atomic E-state index is 15.7. The number of hydrogen-bond donors (Lipinski definition) is 2. The van der Waals surface area contributed by atoms with Crippen molar-refractivity contribution < 1.29 is 23.1 Å². The van der Waals surface area contributed by atoms with E-state index in [1.807, 2.05) is 33.9 Å². The van der Waals surface area contributed by atoms with Crippen LogP contribution in [0.4, 0.5) is 14.6 Å². The Morgan fingerprint density at radius 1 is 1.45 bits per heavy atom. The number of ether oxygens (including phenoxy) is 1. The van der Waals surface area contributed by atoms with E-state index in [0.717, 1.165) is 0 Å². The lowest BCUT2D eigenvalue weighted by atomic mass is 9.97. The normalized spacial score (nSPS) is 28.2. The zero-order valence-corrected chi connectivity index (χ0v) is 18.2. The first-order chi connectivity index (χ1) is 13.4. The van der Waals surface area contributed by atoms with Gasteiger partial charge in [-0.3, -0.25) is 4.57 Å². The van der Waals surface area contributed by atoms with Gasteiger partial charge in [-0.15, -0.1) is 6.58 Å². The smallest absolute Gasteiger partial charge is 0.312 e. The van der Waals surface area contributed by atoms with E-state index < -0.39 is 45.1 Å². The fourth-order valence-electron chi connectivity index (χ4n) is 3.10. The third-order valence-electron chi connectivity index (χ3n) is 5.90. The van der Waals surface area contributed by atoms with Crippen molar-refractivity contribution >= 4 is 25.3 Å². The molecule has 4 atom stereocenters. The van der Waals surface area contributed by atoms with Gasteiger partial charge in [0.15, 0.2) is 37.7 Å². The van der Waals surface area contributed by atoms with E-state index >= 15 is 4.39 Å². The number of nitrogen functional groups attached to an aromatic ring is 1. The second-order valence-corrected chi connectivity index (χ2v) is 13.5. The van der Waals surface area contributed by atoms with Crippen molar-refractivity contribution in [2.45, 2.75) is 63.0 Å². The fourth-order valence-corrected chi connectivity index (χ4v) is 4.42. The number of hydrogen-bond acceptors (Lipinski definition) is 7. The van der Waals surface area contributed by atoms with E-state index in [9.17, 15) is 9.50 Å². The van der Waals surface area contributed by atoms with E-state index in [0.29, 0.717) is 0 Å². The van der Waals surface area contributed by atoms with Gasteiger partial charge in [0, 0.05) is 0 Å². The topological polar surface area (TPSA) is 108 Å². The number of imidazole rings is 1. The second-order valence-electron chi connectivity index (χ2n) is 8.77. The average molecular weight is 428 g/mol. The summed E-state index contributed by atoms with van der Waals surface area (Å²) in [5, 5.41) is 9.87. The fraction of sp³-hybridized carbons (Fsp3) is 0.611. The lowest BCUT2D eigenvalue weighted by Crippen LogP contribution is -2.53. The Kier molecular flexibility index (Phi) is 5.31. The Balaban J connectivity index is 2.07. The molecule has 3 rings (SSSR count). The van der Waals surface area contributed by atoms with Crippen molar-refractivity contribution in [2.24, 2.45) is 0 Å². The highest BCUT2D eigenvalue weighted by atomic mass is 28.4.